The largest absolute Gasteiger partial charge is 0.497 e. The number of hydrogen-bond acceptors (Lipinski definition) is 4. The van der Waals surface area contributed by atoms with Crippen LogP contribution in [0.2, 0.25) is 0 Å². The number of carbonyl (C=O) groups is 1. The summed E-state index contributed by atoms with van der Waals surface area (Å²) in [5, 5.41) is 8.66. The van der Waals surface area contributed by atoms with Crippen LogP contribution >= 0.6 is 0 Å². The normalized spacial score (nSPS) is 12.1. The van der Waals surface area contributed by atoms with Crippen molar-refractivity contribution in [2.24, 2.45) is 5.84 Å². The molecule has 1 aromatic carbocycles. The van der Waals surface area contributed by atoms with Crippen LogP contribution in [0, 0.1) is 0 Å². The third-order valence-corrected chi connectivity index (χ3v) is 2.10. The topological polar surface area (TPSA) is 84.6 Å². The lowest BCUT2D eigenvalue weighted by Gasteiger charge is -2.14. The molecule has 0 aliphatic carbocycles. The van der Waals surface area contributed by atoms with Gasteiger partial charge in [0.2, 0.25) is 0 Å². The maximum Gasteiger partial charge on any atom is 0.305 e. The molecule has 15 heavy (non-hydrogen) atoms. The third kappa shape index (κ3) is 3.23. The molecule has 5 heteroatoms. The summed E-state index contributed by atoms with van der Waals surface area (Å²) in [5.74, 6) is 5.11. The van der Waals surface area contributed by atoms with E-state index >= 15 is 0 Å². The molecule has 0 radical (unpaired) electrons. The second-order valence-corrected chi connectivity index (χ2v) is 3.09. The highest BCUT2D eigenvalue weighted by atomic mass is 16.5. The molecule has 1 rings (SSSR count). The van der Waals surface area contributed by atoms with E-state index < -0.39 is 5.97 Å². The van der Waals surface area contributed by atoms with Crippen LogP contribution < -0.4 is 16.0 Å². The van der Waals surface area contributed by atoms with E-state index in [4.69, 9.17) is 15.7 Å². The van der Waals surface area contributed by atoms with Crippen LogP contribution in [0.1, 0.15) is 18.0 Å². The Morgan fingerprint density at radius 2 is 2.13 bits per heavy atom. The van der Waals surface area contributed by atoms with Gasteiger partial charge in [0.25, 0.3) is 0 Å². The zero-order chi connectivity index (χ0) is 11.3. The number of methoxy groups -OCH3 is 1. The fraction of sp³-hybridized carbons (Fsp3) is 0.300. The highest BCUT2D eigenvalue weighted by Gasteiger charge is 2.13. The number of benzene rings is 1. The monoisotopic (exact) mass is 210 g/mol. The minimum atomic E-state index is -0.895. The molecule has 0 heterocycles. The fourth-order valence-electron chi connectivity index (χ4n) is 1.28. The van der Waals surface area contributed by atoms with E-state index in [1.807, 2.05) is 0 Å². The fourth-order valence-corrected chi connectivity index (χ4v) is 1.28. The first-order chi connectivity index (χ1) is 7.17. The van der Waals surface area contributed by atoms with Gasteiger partial charge in [-0.3, -0.25) is 16.1 Å². The molecule has 0 amide bonds. The van der Waals surface area contributed by atoms with Crippen molar-refractivity contribution in [1.82, 2.24) is 5.43 Å². The van der Waals surface area contributed by atoms with Crippen LogP contribution in [0.3, 0.4) is 0 Å². The average molecular weight is 210 g/mol. The minimum absolute atomic E-state index is 0.0527. The van der Waals surface area contributed by atoms with Gasteiger partial charge in [-0.2, -0.15) is 0 Å². The van der Waals surface area contributed by atoms with E-state index in [1.165, 1.54) is 0 Å². The Kier molecular flexibility index (Phi) is 4.08. The molecular weight excluding hydrogens is 196 g/mol. The highest BCUT2D eigenvalue weighted by Crippen LogP contribution is 2.19. The standard InChI is InChI=1S/C10H14N2O3/c1-15-8-4-2-7(3-5-8)9(12-11)6-10(13)14/h2-5,9,12H,6,11H2,1H3,(H,13,14). The van der Waals surface area contributed by atoms with Gasteiger partial charge in [-0.15, -0.1) is 0 Å². The van der Waals surface area contributed by atoms with Crippen molar-refractivity contribution in [3.8, 4) is 5.75 Å². The summed E-state index contributed by atoms with van der Waals surface area (Å²) < 4.78 is 5.00. The zero-order valence-electron chi connectivity index (χ0n) is 8.43. The van der Waals surface area contributed by atoms with Crippen molar-refractivity contribution < 1.29 is 14.6 Å². The van der Waals surface area contributed by atoms with Gasteiger partial charge >= 0.3 is 5.97 Å². The average Bonchev–Trinajstić information content (AvgIpc) is 2.26. The van der Waals surface area contributed by atoms with E-state index in [9.17, 15) is 4.79 Å². The van der Waals surface area contributed by atoms with Crippen LogP contribution in [0.4, 0.5) is 0 Å². The van der Waals surface area contributed by atoms with E-state index in [0.29, 0.717) is 0 Å². The summed E-state index contributed by atoms with van der Waals surface area (Å²) in [4.78, 5) is 10.5. The van der Waals surface area contributed by atoms with E-state index in [-0.39, 0.29) is 12.5 Å². The Bertz CT molecular complexity index is 324. The molecule has 1 unspecified atom stereocenters. The van der Waals surface area contributed by atoms with Crippen LogP contribution in [-0.4, -0.2) is 18.2 Å². The maximum absolute atomic E-state index is 10.5. The first-order valence-electron chi connectivity index (χ1n) is 4.49. The number of nitrogens with two attached hydrogens (primary N) is 1. The molecule has 0 bridgehead atoms. The van der Waals surface area contributed by atoms with Crippen molar-refractivity contribution >= 4 is 5.97 Å². The number of carboxylic acids is 1. The lowest BCUT2D eigenvalue weighted by molar-refractivity contribution is -0.137. The first-order valence-corrected chi connectivity index (χ1v) is 4.49. The van der Waals surface area contributed by atoms with E-state index in [2.05, 4.69) is 5.43 Å². The number of nitrogens with one attached hydrogen (secondary N) is 1. The van der Waals surface area contributed by atoms with Crippen molar-refractivity contribution in [1.29, 1.82) is 0 Å². The maximum atomic E-state index is 10.5. The molecule has 0 aliphatic rings. The Hall–Kier alpha value is -1.59. The van der Waals surface area contributed by atoms with Gasteiger partial charge in [-0.1, -0.05) is 12.1 Å². The van der Waals surface area contributed by atoms with Crippen molar-refractivity contribution in [2.45, 2.75) is 12.5 Å². The number of carboxylic acid groups (broad SMARTS) is 1. The lowest BCUT2D eigenvalue weighted by Crippen LogP contribution is -2.29. The Labute approximate surface area is 87.8 Å². The van der Waals surface area contributed by atoms with Gasteiger partial charge in [0.05, 0.1) is 19.6 Å². The Morgan fingerprint density at radius 1 is 1.53 bits per heavy atom. The second-order valence-electron chi connectivity index (χ2n) is 3.09. The number of aliphatic carboxylic acids is 1. The molecule has 0 saturated heterocycles. The molecule has 0 aliphatic heterocycles. The summed E-state index contributed by atoms with van der Waals surface area (Å²) in [6.07, 6.45) is -0.0527. The van der Waals surface area contributed by atoms with Crippen molar-refractivity contribution in [3.63, 3.8) is 0 Å². The van der Waals surface area contributed by atoms with Crippen LogP contribution in [0.5, 0.6) is 5.75 Å². The minimum Gasteiger partial charge on any atom is -0.497 e. The number of hydrogen-bond donors (Lipinski definition) is 3. The smallest absolute Gasteiger partial charge is 0.305 e. The second kappa shape index (κ2) is 5.33. The van der Waals surface area contributed by atoms with E-state index in [1.54, 1.807) is 31.4 Å². The highest BCUT2D eigenvalue weighted by molar-refractivity contribution is 5.67. The quantitative estimate of drug-likeness (QED) is 0.491. The predicted octanol–water partition coefficient (Wildman–Crippen LogP) is 0.674. The van der Waals surface area contributed by atoms with Gasteiger partial charge in [0.15, 0.2) is 0 Å². The molecule has 5 nitrogen and oxygen atoms in total. The zero-order valence-corrected chi connectivity index (χ0v) is 8.43. The molecule has 4 N–H and O–H groups in total. The SMILES string of the molecule is COc1ccc(C(CC(=O)O)NN)cc1. The Balaban J connectivity index is 2.78. The van der Waals surface area contributed by atoms with Crippen LogP contribution in [0.15, 0.2) is 24.3 Å². The van der Waals surface area contributed by atoms with Gasteiger partial charge in [-0.05, 0) is 17.7 Å². The molecule has 82 valence electrons. The summed E-state index contributed by atoms with van der Waals surface area (Å²) in [6.45, 7) is 0. The molecule has 0 fully saturated rings. The van der Waals surface area contributed by atoms with Gasteiger partial charge in [-0.25, -0.2) is 0 Å². The van der Waals surface area contributed by atoms with Crippen LogP contribution in [0.25, 0.3) is 0 Å². The number of hydrazine groups is 1. The molecule has 0 spiro atoms. The molecule has 1 aromatic rings. The summed E-state index contributed by atoms with van der Waals surface area (Å²) in [7, 11) is 1.57. The van der Waals surface area contributed by atoms with Gasteiger partial charge in [0, 0.05) is 0 Å². The summed E-state index contributed by atoms with van der Waals surface area (Å²) in [6, 6.07) is 6.72. The molecule has 0 aromatic heterocycles. The number of rotatable bonds is 5. The third-order valence-electron chi connectivity index (χ3n) is 2.10. The molecular formula is C10H14N2O3. The lowest BCUT2D eigenvalue weighted by atomic mass is 10.0. The summed E-state index contributed by atoms with van der Waals surface area (Å²) >= 11 is 0. The number of ether oxygens (including phenoxy) is 1. The Morgan fingerprint density at radius 3 is 2.53 bits per heavy atom. The predicted molar refractivity (Wildman–Crippen MR) is 55.3 cm³/mol. The summed E-state index contributed by atoms with van der Waals surface area (Å²) in [5.41, 5.74) is 3.29. The van der Waals surface area contributed by atoms with Crippen molar-refractivity contribution in [2.75, 3.05) is 7.11 Å². The van der Waals surface area contributed by atoms with Crippen LogP contribution in [-0.2, 0) is 4.79 Å². The van der Waals surface area contributed by atoms with Gasteiger partial charge in [0.1, 0.15) is 5.75 Å². The first kappa shape index (κ1) is 11.5. The van der Waals surface area contributed by atoms with Crippen molar-refractivity contribution in [3.05, 3.63) is 29.8 Å². The molecule has 1 atom stereocenters. The van der Waals surface area contributed by atoms with Gasteiger partial charge < -0.3 is 9.84 Å². The molecule has 0 saturated carbocycles. The van der Waals surface area contributed by atoms with E-state index in [0.717, 1.165) is 11.3 Å².